The molecule has 2 aromatic rings. The first kappa shape index (κ1) is 22.9. The van der Waals surface area contributed by atoms with Gasteiger partial charge < -0.3 is 4.42 Å². The first-order valence-electron chi connectivity index (χ1n) is 9.56. The normalized spacial score (nSPS) is 10.8. The maximum Gasteiger partial charge on any atom is 0.226 e. The van der Waals surface area contributed by atoms with Crippen LogP contribution in [0.4, 0.5) is 0 Å². The topological polar surface area (TPSA) is 26.0 Å². The van der Waals surface area contributed by atoms with Crippen molar-refractivity contribution in [2.24, 2.45) is 0 Å². The molecule has 0 fully saturated rings. The van der Waals surface area contributed by atoms with E-state index in [9.17, 15) is 0 Å². The molecule has 0 N–H and O–H groups in total. The number of hydrogen-bond donors (Lipinski definition) is 0. The number of rotatable bonds is 5. The highest BCUT2D eigenvalue weighted by molar-refractivity contribution is 5.65. The Morgan fingerprint density at radius 2 is 1.64 bits per heavy atom. The summed E-state index contributed by atoms with van der Waals surface area (Å²) in [6.07, 6.45) is 8.19. The molecule has 0 bridgehead atoms. The van der Waals surface area contributed by atoms with Crippen LogP contribution in [-0.2, 0) is 6.42 Å². The maximum atomic E-state index is 6.01. The molecule has 0 spiro atoms. The standard InChI is InChI=1S/C19H23NO.2C2H6/c1-5-7-8-9-15(4)18-17(6-2)20-19(21-18)16-12-10-14(3)11-13-16;2*1-2/h7-13H,5-6H2,1-4H3;2*1-2H3/b8-7-,15-9+;;. The highest BCUT2D eigenvalue weighted by Gasteiger charge is 2.14. The van der Waals surface area contributed by atoms with Gasteiger partial charge in [0.05, 0.1) is 5.69 Å². The summed E-state index contributed by atoms with van der Waals surface area (Å²) < 4.78 is 6.01. The third-order valence-corrected chi connectivity index (χ3v) is 3.41. The molecular formula is C23H35NO. The van der Waals surface area contributed by atoms with Crippen molar-refractivity contribution in [1.82, 2.24) is 4.98 Å². The van der Waals surface area contributed by atoms with Crippen molar-refractivity contribution in [2.75, 3.05) is 0 Å². The summed E-state index contributed by atoms with van der Waals surface area (Å²) in [4.78, 5) is 4.65. The summed E-state index contributed by atoms with van der Waals surface area (Å²) >= 11 is 0. The minimum atomic E-state index is 0.703. The first-order valence-corrected chi connectivity index (χ1v) is 9.56. The molecule has 0 atom stereocenters. The van der Waals surface area contributed by atoms with Gasteiger partial charge >= 0.3 is 0 Å². The van der Waals surface area contributed by atoms with Gasteiger partial charge in [0.25, 0.3) is 0 Å². The SMILES string of the molecule is CC.CC.CC/C=C\C=C(/C)c1oc(-c2ccc(C)cc2)nc1CC. The summed E-state index contributed by atoms with van der Waals surface area (Å²) in [5.74, 6) is 1.60. The molecular weight excluding hydrogens is 306 g/mol. The number of hydrogen-bond acceptors (Lipinski definition) is 2. The Hall–Kier alpha value is -2.09. The molecule has 0 aliphatic rings. The van der Waals surface area contributed by atoms with Gasteiger partial charge in [0.15, 0.2) is 5.76 Å². The average Bonchev–Trinajstić information content (AvgIpc) is 3.10. The summed E-state index contributed by atoms with van der Waals surface area (Å²) in [5.41, 5.74) is 4.40. The highest BCUT2D eigenvalue weighted by atomic mass is 16.4. The van der Waals surface area contributed by atoms with Crippen molar-refractivity contribution >= 4 is 5.57 Å². The van der Waals surface area contributed by atoms with Gasteiger partial charge in [-0.1, -0.05) is 77.5 Å². The number of benzene rings is 1. The van der Waals surface area contributed by atoms with Gasteiger partial charge in [-0.05, 0) is 44.4 Å². The minimum absolute atomic E-state index is 0.703. The van der Waals surface area contributed by atoms with Crippen LogP contribution in [0.25, 0.3) is 17.0 Å². The molecule has 0 saturated carbocycles. The molecule has 0 aliphatic heterocycles. The number of aryl methyl sites for hydroxylation is 2. The fraction of sp³-hybridized carbons (Fsp3) is 0.435. The summed E-state index contributed by atoms with van der Waals surface area (Å²) in [6, 6.07) is 8.27. The molecule has 1 heterocycles. The predicted octanol–water partition coefficient (Wildman–Crippen LogP) is 7.63. The first-order chi connectivity index (χ1) is 12.2. The maximum absolute atomic E-state index is 6.01. The molecule has 2 rings (SSSR count). The van der Waals surface area contributed by atoms with E-state index >= 15 is 0 Å². The fourth-order valence-electron chi connectivity index (χ4n) is 2.14. The lowest BCUT2D eigenvalue weighted by atomic mass is 10.1. The van der Waals surface area contributed by atoms with E-state index in [0.717, 1.165) is 35.4 Å². The Bertz CT molecular complexity index is 645. The quantitative estimate of drug-likeness (QED) is 0.522. The van der Waals surface area contributed by atoms with E-state index in [-0.39, 0.29) is 0 Å². The van der Waals surface area contributed by atoms with Crippen LogP contribution in [0.1, 0.15) is 71.9 Å². The predicted molar refractivity (Wildman–Crippen MR) is 112 cm³/mol. The van der Waals surface area contributed by atoms with Crippen LogP contribution in [0.2, 0.25) is 0 Å². The van der Waals surface area contributed by atoms with Crippen LogP contribution in [0.15, 0.2) is 46.9 Å². The van der Waals surface area contributed by atoms with Crippen molar-refractivity contribution in [2.45, 2.75) is 68.2 Å². The lowest BCUT2D eigenvalue weighted by Gasteiger charge is -1.98. The fourth-order valence-corrected chi connectivity index (χ4v) is 2.14. The second-order valence-electron chi connectivity index (χ2n) is 5.20. The van der Waals surface area contributed by atoms with Crippen LogP contribution in [-0.4, -0.2) is 4.98 Å². The van der Waals surface area contributed by atoms with E-state index in [4.69, 9.17) is 4.42 Å². The molecule has 1 aromatic carbocycles. The lowest BCUT2D eigenvalue weighted by Crippen LogP contribution is -1.86. The molecule has 2 nitrogen and oxygen atoms in total. The smallest absolute Gasteiger partial charge is 0.226 e. The van der Waals surface area contributed by atoms with Crippen molar-refractivity contribution in [3.8, 4) is 11.5 Å². The zero-order valence-corrected chi connectivity index (χ0v) is 17.3. The van der Waals surface area contributed by atoms with Gasteiger partial charge in [-0.25, -0.2) is 4.98 Å². The van der Waals surface area contributed by atoms with Gasteiger partial charge in [0.1, 0.15) is 0 Å². The molecule has 0 unspecified atom stereocenters. The number of allylic oxidation sites excluding steroid dienone is 4. The molecule has 0 aliphatic carbocycles. The van der Waals surface area contributed by atoms with E-state index in [0.29, 0.717) is 5.89 Å². The summed E-state index contributed by atoms with van der Waals surface area (Å²) in [5, 5.41) is 0. The zero-order valence-electron chi connectivity index (χ0n) is 17.3. The molecule has 0 amide bonds. The average molecular weight is 342 g/mol. The van der Waals surface area contributed by atoms with Crippen LogP contribution in [0.5, 0.6) is 0 Å². The molecule has 138 valence electrons. The minimum Gasteiger partial charge on any atom is -0.436 e. The van der Waals surface area contributed by atoms with E-state index in [1.54, 1.807) is 0 Å². The summed E-state index contributed by atoms with van der Waals surface area (Å²) in [7, 11) is 0. The van der Waals surface area contributed by atoms with Crippen LogP contribution < -0.4 is 0 Å². The van der Waals surface area contributed by atoms with Crippen LogP contribution in [0.3, 0.4) is 0 Å². The molecule has 25 heavy (non-hydrogen) atoms. The van der Waals surface area contributed by atoms with E-state index < -0.39 is 0 Å². The largest absolute Gasteiger partial charge is 0.436 e. The monoisotopic (exact) mass is 341 g/mol. The lowest BCUT2D eigenvalue weighted by molar-refractivity contribution is 0.558. The van der Waals surface area contributed by atoms with Crippen molar-refractivity contribution in [3.63, 3.8) is 0 Å². The van der Waals surface area contributed by atoms with Gasteiger partial charge in [-0.2, -0.15) is 0 Å². The van der Waals surface area contributed by atoms with Gasteiger partial charge in [-0.15, -0.1) is 0 Å². The number of aromatic nitrogens is 1. The molecule has 0 saturated heterocycles. The molecule has 0 radical (unpaired) electrons. The highest BCUT2D eigenvalue weighted by Crippen LogP contribution is 2.27. The third kappa shape index (κ3) is 7.13. The second kappa shape index (κ2) is 13.2. The second-order valence-corrected chi connectivity index (χ2v) is 5.20. The van der Waals surface area contributed by atoms with Crippen LogP contribution in [0, 0.1) is 6.92 Å². The molecule has 1 aromatic heterocycles. The van der Waals surface area contributed by atoms with E-state index in [1.807, 2.05) is 27.7 Å². The molecule has 2 heteroatoms. The van der Waals surface area contributed by atoms with Crippen molar-refractivity contribution in [1.29, 1.82) is 0 Å². The Morgan fingerprint density at radius 1 is 1.04 bits per heavy atom. The Balaban J connectivity index is 0.00000134. The van der Waals surface area contributed by atoms with Crippen molar-refractivity contribution in [3.05, 3.63) is 59.5 Å². The van der Waals surface area contributed by atoms with Crippen molar-refractivity contribution < 1.29 is 4.42 Å². The van der Waals surface area contributed by atoms with Gasteiger partial charge in [0.2, 0.25) is 5.89 Å². The Labute approximate surface area is 154 Å². The van der Waals surface area contributed by atoms with E-state index in [1.165, 1.54) is 5.56 Å². The Morgan fingerprint density at radius 3 is 2.16 bits per heavy atom. The van der Waals surface area contributed by atoms with E-state index in [2.05, 4.69) is 75.2 Å². The third-order valence-electron chi connectivity index (χ3n) is 3.41. The summed E-state index contributed by atoms with van der Waals surface area (Å²) in [6.45, 7) is 16.4. The number of nitrogens with zero attached hydrogens (tertiary/aromatic N) is 1. The van der Waals surface area contributed by atoms with Gasteiger partial charge in [0, 0.05) is 5.56 Å². The van der Waals surface area contributed by atoms with Crippen LogP contribution >= 0.6 is 0 Å². The zero-order chi connectivity index (χ0) is 19.2. The number of oxazole rings is 1. The van der Waals surface area contributed by atoms with Gasteiger partial charge in [-0.3, -0.25) is 0 Å². The Kier molecular flexibility index (Phi) is 12.1.